The molecule has 0 aliphatic heterocycles. The van der Waals surface area contributed by atoms with Gasteiger partial charge in [0.15, 0.2) is 0 Å². The van der Waals surface area contributed by atoms with Crippen LogP contribution in [0.1, 0.15) is 56.1 Å². The molecule has 0 aromatic heterocycles. The molecule has 0 aliphatic rings. The molecular weight excluding hydrogens is 947 g/mol. The van der Waals surface area contributed by atoms with E-state index in [4.69, 9.17) is 9.47 Å². The van der Waals surface area contributed by atoms with Crippen molar-refractivity contribution in [2.24, 2.45) is 0 Å². The van der Waals surface area contributed by atoms with Gasteiger partial charge in [0.1, 0.15) is 11.5 Å². The lowest BCUT2D eigenvalue weighted by molar-refractivity contribution is 0.305. The second kappa shape index (κ2) is 16.0. The summed E-state index contributed by atoms with van der Waals surface area (Å²) in [6.07, 6.45) is 4.89. The molecule has 0 atom stereocenters. The predicted molar refractivity (Wildman–Crippen MR) is 169 cm³/mol. The van der Waals surface area contributed by atoms with Gasteiger partial charge in [0.2, 0.25) is 0 Å². The average Bonchev–Trinajstić information content (AvgIpc) is 2.71. The van der Waals surface area contributed by atoms with Gasteiger partial charge in [-0.1, -0.05) is 70.6 Å². The number of alkyl halides is 4. The number of halogens is 8. The van der Waals surface area contributed by atoms with Crippen LogP contribution in [0.4, 0.5) is 0 Å². The number of benzene rings is 2. The van der Waals surface area contributed by atoms with Crippen molar-refractivity contribution >= 4 is 127 Å². The summed E-state index contributed by atoms with van der Waals surface area (Å²) >= 11 is 28.9. The monoisotopic (exact) mass is 964 g/mol. The smallest absolute Gasteiger partial charge is 0.147 e. The van der Waals surface area contributed by atoms with Crippen molar-refractivity contribution in [3.05, 3.63) is 53.3 Å². The Morgan fingerprint density at radius 3 is 1.24 bits per heavy atom. The maximum absolute atomic E-state index is 6.03. The minimum absolute atomic E-state index is 0.235. The summed E-state index contributed by atoms with van der Waals surface area (Å²) < 4.78 is 16.5. The SMILES string of the molecule is CCC(c1cc(Br)c(OCCCC(Br)Br)c(Br)c1)c1cc(Br)c(OCCCC(Br)Br)c(Br)c1. The highest BCUT2D eigenvalue weighted by atomic mass is 79.9. The van der Waals surface area contributed by atoms with E-state index in [-0.39, 0.29) is 5.92 Å². The third kappa shape index (κ3) is 10.3. The fourth-order valence-corrected chi connectivity index (χ4v) is 7.52. The van der Waals surface area contributed by atoms with E-state index >= 15 is 0 Å². The quantitative estimate of drug-likeness (QED) is 0.147. The van der Waals surface area contributed by atoms with Crippen molar-refractivity contribution in [1.29, 1.82) is 0 Å². The number of hydrogen-bond donors (Lipinski definition) is 0. The number of rotatable bonds is 13. The molecule has 0 radical (unpaired) electrons. The van der Waals surface area contributed by atoms with E-state index in [0.29, 0.717) is 20.7 Å². The summed E-state index contributed by atoms with van der Waals surface area (Å²) in [6.45, 7) is 3.53. The highest BCUT2D eigenvalue weighted by molar-refractivity contribution is 9.25. The van der Waals surface area contributed by atoms with Crippen LogP contribution < -0.4 is 9.47 Å². The van der Waals surface area contributed by atoms with Crippen LogP contribution in [-0.4, -0.2) is 20.7 Å². The van der Waals surface area contributed by atoms with Gasteiger partial charge in [0, 0.05) is 5.92 Å². The van der Waals surface area contributed by atoms with Gasteiger partial charge in [-0.05, 0) is 131 Å². The summed E-state index contributed by atoms with van der Waals surface area (Å²) in [4.78, 5) is 0. The van der Waals surface area contributed by atoms with Crippen LogP contribution in [0.2, 0.25) is 0 Å². The van der Waals surface area contributed by atoms with Gasteiger partial charge in [-0.3, -0.25) is 0 Å². The van der Waals surface area contributed by atoms with Gasteiger partial charge in [-0.2, -0.15) is 0 Å². The van der Waals surface area contributed by atoms with Crippen LogP contribution in [0.3, 0.4) is 0 Å². The molecule has 2 aromatic rings. The van der Waals surface area contributed by atoms with Crippen LogP contribution in [0, 0.1) is 0 Å². The maximum Gasteiger partial charge on any atom is 0.147 e. The van der Waals surface area contributed by atoms with Crippen molar-refractivity contribution in [3.8, 4) is 11.5 Å². The summed E-state index contributed by atoms with van der Waals surface area (Å²) in [5.41, 5.74) is 2.44. The van der Waals surface area contributed by atoms with E-state index in [1.54, 1.807) is 0 Å². The van der Waals surface area contributed by atoms with Crippen molar-refractivity contribution in [2.75, 3.05) is 13.2 Å². The highest BCUT2D eigenvalue weighted by Gasteiger charge is 2.20. The van der Waals surface area contributed by atoms with Gasteiger partial charge in [-0.15, -0.1) is 0 Å². The molecule has 0 spiro atoms. The molecule has 0 fully saturated rings. The van der Waals surface area contributed by atoms with Crippen LogP contribution in [0.5, 0.6) is 11.5 Å². The number of ether oxygens (including phenoxy) is 2. The van der Waals surface area contributed by atoms with E-state index in [1.807, 2.05) is 0 Å². The van der Waals surface area contributed by atoms with Gasteiger partial charge >= 0.3 is 0 Å². The van der Waals surface area contributed by atoms with Gasteiger partial charge in [0.25, 0.3) is 0 Å². The summed E-state index contributed by atoms with van der Waals surface area (Å²) in [5, 5.41) is 0. The van der Waals surface area contributed by atoms with Crippen molar-refractivity contribution in [2.45, 2.75) is 52.4 Å². The molecular formula is C23H24Br8O2. The standard InChI is InChI=1S/C23H24Br8O2/c1-2-15(13-9-16(24)22(17(25)10-13)32-7-3-5-20(28)29)14-11-18(26)23(19(27)12-14)33-8-4-6-21(30)31/h9-12,15,20-21H,2-8H2,1H3. The molecule has 2 rings (SSSR count). The molecule has 0 bridgehead atoms. The maximum atomic E-state index is 6.03. The van der Waals surface area contributed by atoms with Crippen LogP contribution in [-0.2, 0) is 0 Å². The molecule has 184 valence electrons. The van der Waals surface area contributed by atoms with E-state index in [1.165, 1.54) is 11.1 Å². The molecule has 0 unspecified atom stereocenters. The van der Waals surface area contributed by atoms with Crippen LogP contribution >= 0.6 is 127 Å². The first-order chi connectivity index (χ1) is 15.6. The molecule has 10 heteroatoms. The fraction of sp³-hybridized carbons (Fsp3) is 0.478. The lowest BCUT2D eigenvalue weighted by Gasteiger charge is -2.21. The summed E-state index contributed by atoms with van der Waals surface area (Å²) in [7, 11) is 0. The second-order valence-corrected chi connectivity index (χ2v) is 17.6. The first-order valence-corrected chi connectivity index (χ1v) is 17.3. The lowest BCUT2D eigenvalue weighted by atomic mass is 9.89. The number of hydrogen-bond acceptors (Lipinski definition) is 2. The van der Waals surface area contributed by atoms with E-state index in [2.05, 4.69) is 159 Å². The Labute approximate surface area is 264 Å². The zero-order chi connectivity index (χ0) is 24.5. The summed E-state index contributed by atoms with van der Waals surface area (Å²) in [6, 6.07) is 8.65. The van der Waals surface area contributed by atoms with E-state index in [0.717, 1.165) is 61.5 Å². The van der Waals surface area contributed by atoms with Crippen molar-refractivity contribution in [1.82, 2.24) is 0 Å². The first-order valence-electron chi connectivity index (χ1n) is 10.4. The van der Waals surface area contributed by atoms with Gasteiger partial charge in [0.05, 0.1) is 38.6 Å². The molecule has 33 heavy (non-hydrogen) atoms. The molecule has 0 heterocycles. The second-order valence-electron chi connectivity index (χ2n) is 7.35. The average molecular weight is 972 g/mol. The highest BCUT2D eigenvalue weighted by Crippen LogP contribution is 2.42. The Morgan fingerprint density at radius 2 is 0.970 bits per heavy atom. The fourth-order valence-electron chi connectivity index (χ4n) is 3.32. The normalized spacial score (nSPS) is 11.6. The Hall–Kier alpha value is 1.88. The van der Waals surface area contributed by atoms with Crippen molar-refractivity contribution < 1.29 is 9.47 Å². The third-order valence-corrected chi connectivity index (χ3v) is 9.07. The Morgan fingerprint density at radius 1 is 0.636 bits per heavy atom. The molecule has 2 nitrogen and oxygen atoms in total. The Bertz CT molecular complexity index is 787. The molecule has 0 aliphatic carbocycles. The zero-order valence-electron chi connectivity index (χ0n) is 17.8. The van der Waals surface area contributed by atoms with E-state index < -0.39 is 0 Å². The minimum atomic E-state index is 0.235. The zero-order valence-corrected chi connectivity index (χ0v) is 30.5. The molecule has 2 aromatic carbocycles. The topological polar surface area (TPSA) is 18.5 Å². The molecule has 0 saturated heterocycles. The first kappa shape index (κ1) is 31.1. The Kier molecular flexibility index (Phi) is 15.1. The molecule has 0 amide bonds. The molecule has 0 saturated carbocycles. The minimum Gasteiger partial charge on any atom is -0.491 e. The van der Waals surface area contributed by atoms with Gasteiger partial charge < -0.3 is 9.47 Å². The van der Waals surface area contributed by atoms with Crippen molar-refractivity contribution in [3.63, 3.8) is 0 Å². The predicted octanol–water partition coefficient (Wildman–Crippen LogP) is 11.8. The van der Waals surface area contributed by atoms with Gasteiger partial charge in [-0.25, -0.2) is 0 Å². The van der Waals surface area contributed by atoms with E-state index in [9.17, 15) is 0 Å². The Balaban J connectivity index is 2.18. The lowest BCUT2D eigenvalue weighted by Crippen LogP contribution is -2.05. The largest absolute Gasteiger partial charge is 0.491 e. The third-order valence-electron chi connectivity index (χ3n) is 4.88. The molecule has 0 N–H and O–H groups in total. The van der Waals surface area contributed by atoms with Crippen LogP contribution in [0.15, 0.2) is 42.2 Å². The van der Waals surface area contributed by atoms with Crippen LogP contribution in [0.25, 0.3) is 0 Å². The summed E-state index contributed by atoms with van der Waals surface area (Å²) in [5.74, 6) is 1.92.